The van der Waals surface area contributed by atoms with Gasteiger partial charge in [0.2, 0.25) is 0 Å². The van der Waals surface area contributed by atoms with E-state index in [1.807, 2.05) is 12.1 Å². The van der Waals surface area contributed by atoms with Crippen molar-refractivity contribution in [3.8, 4) is 0 Å². The van der Waals surface area contributed by atoms with Crippen LogP contribution in [0, 0.1) is 0 Å². The molecule has 3 rings (SSSR count). The third kappa shape index (κ3) is 2.67. The highest BCUT2D eigenvalue weighted by Gasteiger charge is 2.33. The van der Waals surface area contributed by atoms with Gasteiger partial charge in [0.05, 0.1) is 5.69 Å². The molecule has 0 saturated heterocycles. The van der Waals surface area contributed by atoms with Gasteiger partial charge in [-0.1, -0.05) is 18.2 Å². The van der Waals surface area contributed by atoms with Crippen molar-refractivity contribution >= 4 is 21.6 Å². The maximum absolute atomic E-state index is 13.1. The van der Waals surface area contributed by atoms with Crippen molar-refractivity contribution < 1.29 is 13.2 Å². The Balaban J connectivity index is 2.07. The number of aryl methyl sites for hydroxylation is 1. The van der Waals surface area contributed by atoms with Gasteiger partial charge in [-0.25, -0.2) is 8.42 Å². The van der Waals surface area contributed by atoms with Crippen LogP contribution in [0.4, 0.5) is 5.69 Å². The maximum atomic E-state index is 13.1. The number of aromatic nitrogens is 1. The van der Waals surface area contributed by atoms with E-state index >= 15 is 0 Å². The van der Waals surface area contributed by atoms with E-state index in [1.165, 1.54) is 28.2 Å². The summed E-state index contributed by atoms with van der Waals surface area (Å²) in [5.41, 5.74) is 7.88. The van der Waals surface area contributed by atoms with Gasteiger partial charge in [-0.3, -0.25) is 9.10 Å². The molecule has 0 spiro atoms. The van der Waals surface area contributed by atoms with Gasteiger partial charge in [0.25, 0.3) is 15.9 Å². The smallest absolute Gasteiger partial charge is 0.267 e. The Morgan fingerprint density at radius 1 is 1.33 bits per heavy atom. The van der Waals surface area contributed by atoms with Crippen LogP contribution in [0.5, 0.6) is 0 Å². The van der Waals surface area contributed by atoms with Crippen LogP contribution in [0.25, 0.3) is 0 Å². The Kier molecular flexibility index (Phi) is 4.10. The normalized spacial score (nSPS) is 17.5. The van der Waals surface area contributed by atoms with Crippen LogP contribution in [0.15, 0.2) is 41.4 Å². The van der Waals surface area contributed by atoms with Crippen LogP contribution in [-0.2, 0) is 23.5 Å². The first-order valence-corrected chi connectivity index (χ1v) is 9.03. The number of nitrogens with zero attached hydrogens (tertiary/aromatic N) is 2. The zero-order chi connectivity index (χ0) is 17.5. The molecule has 128 valence electrons. The number of hydrogen-bond donors (Lipinski definition) is 2. The molecular weight excluding hydrogens is 328 g/mol. The van der Waals surface area contributed by atoms with Crippen molar-refractivity contribution in [2.75, 3.05) is 17.9 Å². The number of nitrogens with two attached hydrogens (primary N) is 1. The molecule has 0 aliphatic carbocycles. The Morgan fingerprint density at radius 2 is 2.04 bits per heavy atom. The number of hydrogen-bond acceptors (Lipinski definition) is 4. The number of fused-ring (bicyclic) bond motifs is 1. The number of benzene rings is 1. The third-order valence-electron chi connectivity index (χ3n) is 4.17. The molecule has 24 heavy (non-hydrogen) atoms. The van der Waals surface area contributed by atoms with E-state index in [9.17, 15) is 13.2 Å². The number of carbonyl (C=O) groups is 1. The van der Waals surface area contributed by atoms with Crippen molar-refractivity contribution in [2.24, 2.45) is 12.8 Å². The number of sulfonamides is 1. The summed E-state index contributed by atoms with van der Waals surface area (Å²) in [4.78, 5) is 11.9. The van der Waals surface area contributed by atoms with Gasteiger partial charge in [-0.05, 0) is 24.1 Å². The minimum atomic E-state index is -3.80. The molecule has 1 atom stereocenters. The molecule has 0 saturated carbocycles. The summed E-state index contributed by atoms with van der Waals surface area (Å²) in [6, 6.07) is 8.46. The summed E-state index contributed by atoms with van der Waals surface area (Å²) in [5.74, 6) is -0.338. The molecule has 1 aliphatic rings. The second-order valence-electron chi connectivity index (χ2n) is 5.88. The summed E-state index contributed by atoms with van der Waals surface area (Å²) in [7, 11) is -0.658. The monoisotopic (exact) mass is 348 g/mol. The van der Waals surface area contributed by atoms with E-state index in [0.29, 0.717) is 12.1 Å². The highest BCUT2D eigenvalue weighted by molar-refractivity contribution is 7.92. The lowest BCUT2D eigenvalue weighted by Gasteiger charge is -2.33. The van der Waals surface area contributed by atoms with Crippen molar-refractivity contribution in [1.29, 1.82) is 0 Å². The van der Waals surface area contributed by atoms with Crippen LogP contribution in [0.3, 0.4) is 0 Å². The molecule has 1 aliphatic heterocycles. The molecule has 8 heteroatoms. The zero-order valence-electron chi connectivity index (χ0n) is 13.6. The van der Waals surface area contributed by atoms with Crippen LogP contribution in [-0.4, -0.2) is 38.5 Å². The van der Waals surface area contributed by atoms with E-state index in [-0.39, 0.29) is 29.1 Å². The highest BCUT2D eigenvalue weighted by Crippen LogP contribution is 2.31. The van der Waals surface area contributed by atoms with Gasteiger partial charge in [-0.15, -0.1) is 0 Å². The Labute approximate surface area is 141 Å². The van der Waals surface area contributed by atoms with Crippen LogP contribution in [0.2, 0.25) is 0 Å². The lowest BCUT2D eigenvalue weighted by atomic mass is 10.0. The van der Waals surface area contributed by atoms with Crippen LogP contribution < -0.4 is 15.4 Å². The standard InChI is InChI=1S/C16H20N4O3S/c1-18-16(21)15-8-13(10-19(15)2)24(22,23)20-9-12(17)7-11-5-3-4-6-14(11)20/h3-6,8,10,12H,7,9,17H2,1-2H3,(H,18,21). The minimum absolute atomic E-state index is 0.0764. The molecule has 0 fully saturated rings. The number of anilines is 1. The summed E-state index contributed by atoms with van der Waals surface area (Å²) < 4.78 is 29.0. The summed E-state index contributed by atoms with van der Waals surface area (Å²) >= 11 is 0. The number of amides is 1. The van der Waals surface area contributed by atoms with E-state index in [0.717, 1.165) is 5.56 Å². The van der Waals surface area contributed by atoms with Gasteiger partial charge in [0, 0.05) is 32.9 Å². The lowest BCUT2D eigenvalue weighted by Crippen LogP contribution is -2.46. The van der Waals surface area contributed by atoms with E-state index < -0.39 is 10.0 Å². The minimum Gasteiger partial charge on any atom is -0.354 e. The second kappa shape index (κ2) is 5.95. The summed E-state index contributed by atoms with van der Waals surface area (Å²) in [6.45, 7) is 0.212. The molecular formula is C16H20N4O3S. The van der Waals surface area contributed by atoms with Crippen molar-refractivity contribution in [2.45, 2.75) is 17.4 Å². The molecule has 1 unspecified atom stereocenters. The number of carbonyl (C=O) groups excluding carboxylic acids is 1. The number of nitrogens with one attached hydrogen (secondary N) is 1. The predicted molar refractivity (Wildman–Crippen MR) is 91.5 cm³/mol. The first-order chi connectivity index (χ1) is 11.3. The van der Waals surface area contributed by atoms with E-state index in [4.69, 9.17) is 5.73 Å². The second-order valence-corrected chi connectivity index (χ2v) is 7.74. The average molecular weight is 348 g/mol. The molecule has 0 radical (unpaired) electrons. The third-order valence-corrected chi connectivity index (χ3v) is 5.92. The van der Waals surface area contributed by atoms with Crippen LogP contribution >= 0.6 is 0 Å². The molecule has 1 amide bonds. The van der Waals surface area contributed by atoms with Crippen molar-refractivity contribution in [1.82, 2.24) is 9.88 Å². The summed E-state index contributed by atoms with van der Waals surface area (Å²) in [6.07, 6.45) is 2.09. The number of rotatable bonds is 3. The highest BCUT2D eigenvalue weighted by atomic mass is 32.2. The van der Waals surface area contributed by atoms with Crippen LogP contribution in [0.1, 0.15) is 16.1 Å². The van der Waals surface area contributed by atoms with Gasteiger partial charge in [0.15, 0.2) is 0 Å². The van der Waals surface area contributed by atoms with Gasteiger partial charge in [-0.2, -0.15) is 0 Å². The SMILES string of the molecule is CNC(=O)c1cc(S(=O)(=O)N2CC(N)Cc3ccccc32)cn1C. The quantitative estimate of drug-likeness (QED) is 0.842. The predicted octanol–water partition coefficient (Wildman–Crippen LogP) is 0.463. The van der Waals surface area contributed by atoms with Gasteiger partial charge in [0.1, 0.15) is 10.6 Å². The molecule has 2 heterocycles. The fraction of sp³-hybridized carbons (Fsp3) is 0.312. The summed E-state index contributed by atoms with van der Waals surface area (Å²) in [5, 5.41) is 2.50. The molecule has 1 aromatic carbocycles. The first kappa shape index (κ1) is 16.5. The maximum Gasteiger partial charge on any atom is 0.267 e. The molecule has 0 bridgehead atoms. The Hall–Kier alpha value is -2.32. The van der Waals surface area contributed by atoms with Gasteiger partial charge < -0.3 is 15.6 Å². The van der Waals surface area contributed by atoms with Gasteiger partial charge >= 0.3 is 0 Å². The molecule has 1 aromatic heterocycles. The number of para-hydroxylation sites is 1. The topological polar surface area (TPSA) is 97.4 Å². The van der Waals surface area contributed by atoms with E-state index in [1.54, 1.807) is 19.2 Å². The molecule has 2 aromatic rings. The zero-order valence-corrected chi connectivity index (χ0v) is 14.4. The average Bonchev–Trinajstić information content (AvgIpc) is 2.96. The largest absolute Gasteiger partial charge is 0.354 e. The van der Waals surface area contributed by atoms with E-state index in [2.05, 4.69) is 5.32 Å². The Morgan fingerprint density at radius 3 is 2.75 bits per heavy atom. The molecule has 7 nitrogen and oxygen atoms in total. The first-order valence-electron chi connectivity index (χ1n) is 7.59. The fourth-order valence-electron chi connectivity index (χ4n) is 2.97. The van der Waals surface area contributed by atoms with Crippen molar-refractivity contribution in [3.05, 3.63) is 47.8 Å². The van der Waals surface area contributed by atoms with Crippen molar-refractivity contribution in [3.63, 3.8) is 0 Å². The fourth-order valence-corrected chi connectivity index (χ4v) is 4.60. The molecule has 3 N–H and O–H groups in total. The lowest BCUT2D eigenvalue weighted by molar-refractivity contribution is 0.0955. The Bertz CT molecular complexity index is 888.